The molecule has 1 aliphatic rings. The molecule has 0 radical (unpaired) electrons. The largest absolute Gasteiger partial charge is 0.481 e. The zero-order valence-electron chi connectivity index (χ0n) is 13.4. The number of carbonyl (C=O) groups is 1. The summed E-state index contributed by atoms with van der Waals surface area (Å²) in [7, 11) is 2.09. The first kappa shape index (κ1) is 16.5. The van der Waals surface area contributed by atoms with E-state index in [1.165, 1.54) is 0 Å². The number of carboxylic acids is 1. The lowest BCUT2D eigenvalue weighted by molar-refractivity contribution is -0.146. The van der Waals surface area contributed by atoms with Crippen LogP contribution >= 0.6 is 0 Å². The molecule has 0 aromatic heterocycles. The predicted molar refractivity (Wildman–Crippen MR) is 79.2 cm³/mol. The third-order valence-corrected chi connectivity index (χ3v) is 4.58. The van der Waals surface area contributed by atoms with Crippen LogP contribution in [0.2, 0.25) is 0 Å². The lowest BCUT2D eigenvalue weighted by Crippen LogP contribution is -2.48. The fourth-order valence-electron chi connectivity index (χ4n) is 3.42. The fraction of sp³-hybridized carbons (Fsp3) is 0.938. The van der Waals surface area contributed by atoms with Crippen LogP contribution in [-0.4, -0.2) is 35.6 Å². The van der Waals surface area contributed by atoms with Crippen molar-refractivity contribution in [2.45, 2.75) is 59.9 Å². The van der Waals surface area contributed by atoms with Gasteiger partial charge in [-0.3, -0.25) is 4.79 Å². The van der Waals surface area contributed by atoms with Crippen LogP contribution in [0.1, 0.15) is 53.9 Å². The molecule has 1 fully saturated rings. The smallest absolute Gasteiger partial charge is 0.308 e. The second-order valence-electron chi connectivity index (χ2n) is 7.72. The summed E-state index contributed by atoms with van der Waals surface area (Å²) in [5.41, 5.74) is 0.278. The van der Waals surface area contributed by atoms with Gasteiger partial charge in [0.05, 0.1) is 5.92 Å². The summed E-state index contributed by atoms with van der Waals surface area (Å²) in [5, 5.41) is 9.45. The van der Waals surface area contributed by atoms with Gasteiger partial charge in [0.25, 0.3) is 0 Å². The highest BCUT2D eigenvalue weighted by Crippen LogP contribution is 2.41. The fourth-order valence-corrected chi connectivity index (χ4v) is 3.42. The zero-order chi connectivity index (χ0) is 14.8. The highest BCUT2D eigenvalue weighted by molar-refractivity contribution is 5.71. The molecule has 0 aromatic carbocycles. The standard InChI is InChI=1S/C16H31NO2/c1-11(2)10-17(6)14-9-12(16(3,4)5)7-8-13(14)15(18)19/h11-14H,7-10H2,1-6H3,(H,18,19). The zero-order valence-corrected chi connectivity index (χ0v) is 13.4. The van der Waals surface area contributed by atoms with Crippen LogP contribution in [-0.2, 0) is 4.79 Å². The molecular formula is C16H31NO2. The van der Waals surface area contributed by atoms with Crippen LogP contribution in [0.5, 0.6) is 0 Å². The quantitative estimate of drug-likeness (QED) is 0.849. The Kier molecular flexibility index (Phi) is 5.43. The maximum absolute atomic E-state index is 11.5. The average Bonchev–Trinajstić information content (AvgIpc) is 2.25. The normalized spacial score (nSPS) is 28.9. The van der Waals surface area contributed by atoms with Gasteiger partial charge < -0.3 is 10.0 Å². The van der Waals surface area contributed by atoms with Crippen LogP contribution in [0.25, 0.3) is 0 Å². The molecule has 0 aliphatic heterocycles. The number of hydrogen-bond acceptors (Lipinski definition) is 2. The van der Waals surface area contributed by atoms with Gasteiger partial charge in [-0.2, -0.15) is 0 Å². The van der Waals surface area contributed by atoms with E-state index in [0.717, 1.165) is 25.8 Å². The molecule has 3 unspecified atom stereocenters. The van der Waals surface area contributed by atoms with Crippen LogP contribution < -0.4 is 0 Å². The first-order valence-corrected chi connectivity index (χ1v) is 7.56. The van der Waals surface area contributed by atoms with Crippen molar-refractivity contribution in [2.75, 3.05) is 13.6 Å². The van der Waals surface area contributed by atoms with Crippen LogP contribution in [0.15, 0.2) is 0 Å². The Hall–Kier alpha value is -0.570. The molecule has 0 saturated heterocycles. The van der Waals surface area contributed by atoms with Crippen molar-refractivity contribution in [3.8, 4) is 0 Å². The first-order chi connectivity index (χ1) is 8.62. The van der Waals surface area contributed by atoms with Gasteiger partial charge in [0.2, 0.25) is 0 Å². The topological polar surface area (TPSA) is 40.5 Å². The molecule has 0 aromatic rings. The van der Waals surface area contributed by atoms with Crippen molar-refractivity contribution in [3.63, 3.8) is 0 Å². The van der Waals surface area contributed by atoms with Crippen molar-refractivity contribution >= 4 is 5.97 Å². The van der Waals surface area contributed by atoms with Crippen LogP contribution in [0.4, 0.5) is 0 Å². The summed E-state index contributed by atoms with van der Waals surface area (Å²) < 4.78 is 0. The lowest BCUT2D eigenvalue weighted by atomic mass is 9.67. The van der Waals surface area contributed by atoms with Gasteiger partial charge in [0, 0.05) is 12.6 Å². The van der Waals surface area contributed by atoms with Gasteiger partial charge in [0.15, 0.2) is 0 Å². The lowest BCUT2D eigenvalue weighted by Gasteiger charge is -2.44. The van der Waals surface area contributed by atoms with E-state index in [4.69, 9.17) is 0 Å². The Morgan fingerprint density at radius 1 is 1.32 bits per heavy atom. The van der Waals surface area contributed by atoms with E-state index >= 15 is 0 Å². The molecule has 0 heterocycles. The molecule has 3 atom stereocenters. The molecule has 19 heavy (non-hydrogen) atoms. The SMILES string of the molecule is CC(C)CN(C)C1CC(C(C)(C)C)CCC1C(=O)O. The Morgan fingerprint density at radius 3 is 2.32 bits per heavy atom. The van der Waals surface area contributed by atoms with E-state index in [9.17, 15) is 9.90 Å². The summed E-state index contributed by atoms with van der Waals surface area (Å²) in [6.45, 7) is 12.2. The van der Waals surface area contributed by atoms with Gasteiger partial charge in [-0.05, 0) is 43.6 Å². The molecule has 0 bridgehead atoms. The Labute approximate surface area is 118 Å². The van der Waals surface area contributed by atoms with Crippen molar-refractivity contribution in [3.05, 3.63) is 0 Å². The highest BCUT2D eigenvalue weighted by atomic mass is 16.4. The van der Waals surface area contributed by atoms with Gasteiger partial charge in [0.1, 0.15) is 0 Å². The number of aliphatic carboxylic acids is 1. The van der Waals surface area contributed by atoms with E-state index < -0.39 is 5.97 Å². The number of rotatable bonds is 4. The molecule has 1 saturated carbocycles. The molecule has 1 rings (SSSR count). The third-order valence-electron chi connectivity index (χ3n) is 4.58. The molecule has 112 valence electrons. The molecular weight excluding hydrogens is 238 g/mol. The minimum absolute atomic E-state index is 0.192. The predicted octanol–water partition coefficient (Wildman–Crippen LogP) is 3.49. The first-order valence-electron chi connectivity index (χ1n) is 7.56. The number of hydrogen-bond donors (Lipinski definition) is 1. The van der Waals surface area contributed by atoms with E-state index in [0.29, 0.717) is 11.8 Å². The van der Waals surface area contributed by atoms with E-state index in [2.05, 4.69) is 46.6 Å². The van der Waals surface area contributed by atoms with E-state index in [-0.39, 0.29) is 17.4 Å². The van der Waals surface area contributed by atoms with Gasteiger partial charge in [-0.25, -0.2) is 0 Å². The van der Waals surface area contributed by atoms with E-state index in [1.807, 2.05) is 0 Å². The van der Waals surface area contributed by atoms with Gasteiger partial charge >= 0.3 is 5.97 Å². The van der Waals surface area contributed by atoms with Crippen molar-refractivity contribution in [1.82, 2.24) is 4.90 Å². The summed E-state index contributed by atoms with van der Waals surface area (Å²) in [4.78, 5) is 13.8. The summed E-state index contributed by atoms with van der Waals surface area (Å²) >= 11 is 0. The van der Waals surface area contributed by atoms with Crippen LogP contribution in [0.3, 0.4) is 0 Å². The maximum Gasteiger partial charge on any atom is 0.308 e. The minimum Gasteiger partial charge on any atom is -0.481 e. The summed E-state index contributed by atoms with van der Waals surface area (Å²) in [6.07, 6.45) is 2.89. The van der Waals surface area contributed by atoms with Crippen molar-refractivity contribution in [1.29, 1.82) is 0 Å². The molecule has 3 nitrogen and oxygen atoms in total. The molecule has 1 N–H and O–H groups in total. The Morgan fingerprint density at radius 2 is 1.89 bits per heavy atom. The van der Waals surface area contributed by atoms with E-state index in [1.54, 1.807) is 0 Å². The Balaban J connectivity index is 2.81. The molecule has 0 amide bonds. The second kappa shape index (κ2) is 6.25. The maximum atomic E-state index is 11.5. The minimum atomic E-state index is -0.618. The van der Waals surface area contributed by atoms with Crippen molar-refractivity contribution in [2.24, 2.45) is 23.2 Å². The molecule has 1 aliphatic carbocycles. The molecule has 3 heteroatoms. The number of carboxylic acid groups (broad SMARTS) is 1. The third kappa shape index (κ3) is 4.48. The van der Waals surface area contributed by atoms with Crippen molar-refractivity contribution < 1.29 is 9.90 Å². The monoisotopic (exact) mass is 269 g/mol. The highest BCUT2D eigenvalue weighted by Gasteiger charge is 2.40. The van der Waals surface area contributed by atoms with Gasteiger partial charge in [-0.1, -0.05) is 34.6 Å². The van der Waals surface area contributed by atoms with Crippen LogP contribution in [0, 0.1) is 23.2 Å². The summed E-state index contributed by atoms with van der Waals surface area (Å²) in [6, 6.07) is 0.192. The summed E-state index contributed by atoms with van der Waals surface area (Å²) in [5.74, 6) is 0.396. The second-order valence-corrected chi connectivity index (χ2v) is 7.72. The Bertz CT molecular complexity index is 306. The van der Waals surface area contributed by atoms with Gasteiger partial charge in [-0.15, -0.1) is 0 Å². The average molecular weight is 269 g/mol. The number of nitrogens with zero attached hydrogens (tertiary/aromatic N) is 1. The molecule has 0 spiro atoms.